The van der Waals surface area contributed by atoms with Crippen molar-refractivity contribution >= 4 is 57.9 Å². The van der Waals surface area contributed by atoms with Crippen LogP contribution in [0.3, 0.4) is 0 Å². The summed E-state index contributed by atoms with van der Waals surface area (Å²) in [5, 5.41) is 6.41. The van der Waals surface area contributed by atoms with Crippen molar-refractivity contribution in [3.05, 3.63) is 65.7 Å². The number of methoxy groups -OCH3 is 1. The molecule has 2 N–H and O–H groups in total. The lowest BCUT2D eigenvalue weighted by atomic mass is 10.1. The second kappa shape index (κ2) is 14.3. The minimum absolute atomic E-state index is 0.00644. The van der Waals surface area contributed by atoms with E-state index in [2.05, 4.69) is 15.6 Å². The van der Waals surface area contributed by atoms with Crippen LogP contribution in [0.25, 0.3) is 11.0 Å². The molecule has 256 valence electrons. The molecule has 0 saturated carbocycles. The van der Waals surface area contributed by atoms with E-state index in [1.807, 2.05) is 25.0 Å². The molecule has 1 saturated heterocycles. The van der Waals surface area contributed by atoms with Gasteiger partial charge in [0.25, 0.3) is 17.7 Å². The highest BCUT2D eigenvalue weighted by atomic mass is 16.5. The maximum Gasteiger partial charge on any atom is 0.289 e. The van der Waals surface area contributed by atoms with E-state index in [1.54, 1.807) is 65.2 Å². The van der Waals surface area contributed by atoms with Gasteiger partial charge in [0.1, 0.15) is 11.3 Å². The summed E-state index contributed by atoms with van der Waals surface area (Å²) >= 11 is 0. The van der Waals surface area contributed by atoms with Gasteiger partial charge in [-0.1, -0.05) is 0 Å². The predicted molar refractivity (Wildman–Crippen MR) is 185 cm³/mol. The van der Waals surface area contributed by atoms with E-state index in [0.717, 1.165) is 12.8 Å². The molecule has 0 bridgehead atoms. The predicted octanol–water partition coefficient (Wildman–Crippen LogP) is 5.63. The van der Waals surface area contributed by atoms with Crippen molar-refractivity contribution in [2.45, 2.75) is 45.6 Å². The van der Waals surface area contributed by atoms with Gasteiger partial charge in [0.05, 0.1) is 36.7 Å². The standard InChI is InChI=1S/C36H40N6O7/c1-5-41(6-2)36(46)32-16-22-15-23(11-12-29(22)49-32)39-34(44)28-17-24(21-40(28)3)38-33(43)10-8-14-48-31-19-27-26(18-30(31)47-4)35(45)42-13-7-9-25(42)20-37-27/h11-12,15-21,25H,5-10,13-14H2,1-4H3,(H,38,43)(H,39,44). The van der Waals surface area contributed by atoms with Crippen molar-refractivity contribution in [2.24, 2.45) is 12.0 Å². The van der Waals surface area contributed by atoms with Crippen LogP contribution in [-0.2, 0) is 11.8 Å². The molecule has 1 fully saturated rings. The number of nitrogens with one attached hydrogen (secondary N) is 2. The fourth-order valence-corrected chi connectivity index (χ4v) is 6.21. The molecule has 4 heterocycles. The maximum absolute atomic E-state index is 13.1. The monoisotopic (exact) mass is 668 g/mol. The third-order valence-electron chi connectivity index (χ3n) is 8.82. The van der Waals surface area contributed by atoms with Gasteiger partial charge in [0, 0.05) is 62.7 Å². The molecule has 6 rings (SSSR count). The molecule has 1 atom stereocenters. The Morgan fingerprint density at radius 3 is 2.63 bits per heavy atom. The van der Waals surface area contributed by atoms with Gasteiger partial charge in [0.2, 0.25) is 5.91 Å². The second-order valence-electron chi connectivity index (χ2n) is 12.0. The van der Waals surface area contributed by atoms with Crippen LogP contribution in [0.15, 0.2) is 58.1 Å². The van der Waals surface area contributed by atoms with Crippen molar-refractivity contribution in [2.75, 3.05) is 44.0 Å². The second-order valence-corrected chi connectivity index (χ2v) is 12.0. The Bertz CT molecular complexity index is 1940. The maximum atomic E-state index is 13.1. The molecular weight excluding hydrogens is 628 g/mol. The summed E-state index contributed by atoms with van der Waals surface area (Å²) in [4.78, 5) is 59.7. The van der Waals surface area contributed by atoms with Crippen LogP contribution >= 0.6 is 0 Å². The molecule has 4 amide bonds. The van der Waals surface area contributed by atoms with Crippen LogP contribution in [0.4, 0.5) is 17.1 Å². The number of carbonyl (C=O) groups is 4. The summed E-state index contributed by atoms with van der Waals surface area (Å²) < 4.78 is 18.8. The van der Waals surface area contributed by atoms with E-state index in [1.165, 1.54) is 7.11 Å². The number of rotatable bonds is 12. The number of carbonyl (C=O) groups excluding carboxylic acids is 4. The highest BCUT2D eigenvalue weighted by molar-refractivity contribution is 6.06. The van der Waals surface area contributed by atoms with Crippen molar-refractivity contribution in [3.8, 4) is 11.5 Å². The number of aromatic nitrogens is 1. The van der Waals surface area contributed by atoms with Gasteiger partial charge in [-0.3, -0.25) is 24.2 Å². The number of aliphatic imine (C=N–C) groups is 1. The van der Waals surface area contributed by atoms with Crippen LogP contribution < -0.4 is 20.1 Å². The minimum atomic E-state index is -0.361. The summed E-state index contributed by atoms with van der Waals surface area (Å²) in [5.74, 6) is 0.292. The summed E-state index contributed by atoms with van der Waals surface area (Å²) in [6.07, 6.45) is 5.95. The molecule has 0 radical (unpaired) electrons. The number of amides is 4. The number of aryl methyl sites for hydroxylation is 1. The molecule has 2 aromatic heterocycles. The average Bonchev–Trinajstić information content (AvgIpc) is 3.82. The lowest BCUT2D eigenvalue weighted by molar-refractivity contribution is -0.116. The van der Waals surface area contributed by atoms with E-state index >= 15 is 0 Å². The highest BCUT2D eigenvalue weighted by Crippen LogP contribution is 2.38. The third-order valence-corrected chi connectivity index (χ3v) is 8.82. The van der Waals surface area contributed by atoms with Crippen LogP contribution in [0.1, 0.15) is 70.9 Å². The van der Waals surface area contributed by atoms with Crippen LogP contribution in [0, 0.1) is 0 Å². The van der Waals surface area contributed by atoms with E-state index in [9.17, 15) is 19.2 Å². The first-order valence-corrected chi connectivity index (χ1v) is 16.5. The molecular formula is C36H40N6O7. The highest BCUT2D eigenvalue weighted by Gasteiger charge is 2.32. The fraction of sp³-hybridized carbons (Fsp3) is 0.361. The summed E-state index contributed by atoms with van der Waals surface area (Å²) in [6, 6.07) is 11.8. The number of anilines is 2. The van der Waals surface area contributed by atoms with Gasteiger partial charge in [-0.15, -0.1) is 0 Å². The van der Waals surface area contributed by atoms with Gasteiger partial charge in [0.15, 0.2) is 17.3 Å². The number of nitrogens with zero attached hydrogens (tertiary/aromatic N) is 4. The Labute approximate surface area is 283 Å². The van der Waals surface area contributed by atoms with Crippen molar-refractivity contribution in [1.82, 2.24) is 14.4 Å². The smallest absolute Gasteiger partial charge is 0.289 e. The Kier molecular flexibility index (Phi) is 9.70. The quantitative estimate of drug-likeness (QED) is 0.186. The number of furan rings is 1. The van der Waals surface area contributed by atoms with Crippen LogP contribution in [0.2, 0.25) is 0 Å². The van der Waals surface area contributed by atoms with Gasteiger partial charge in [-0.2, -0.15) is 0 Å². The summed E-state index contributed by atoms with van der Waals surface area (Å²) in [6.45, 7) is 5.92. The zero-order chi connectivity index (χ0) is 34.7. The first kappa shape index (κ1) is 33.3. The normalized spacial score (nSPS) is 15.1. The van der Waals surface area contributed by atoms with Crippen molar-refractivity contribution < 1.29 is 33.1 Å². The molecule has 2 aromatic carbocycles. The largest absolute Gasteiger partial charge is 0.493 e. The van der Waals surface area contributed by atoms with E-state index in [4.69, 9.17) is 13.9 Å². The molecule has 13 heteroatoms. The molecule has 1 unspecified atom stereocenters. The van der Waals surface area contributed by atoms with E-state index < -0.39 is 0 Å². The zero-order valence-corrected chi connectivity index (χ0v) is 28.1. The van der Waals surface area contributed by atoms with Gasteiger partial charge in [-0.05, 0) is 69.5 Å². The first-order valence-electron chi connectivity index (χ1n) is 16.5. The Balaban J connectivity index is 1.02. The summed E-state index contributed by atoms with van der Waals surface area (Å²) in [7, 11) is 3.24. The number of hydrogen-bond acceptors (Lipinski definition) is 8. The van der Waals surface area contributed by atoms with Gasteiger partial charge in [-0.25, -0.2) is 0 Å². The SMILES string of the molecule is CCN(CC)C(=O)c1cc2cc(NC(=O)c3cc(NC(=O)CCCOc4cc5c(cc4OC)C(=O)N4CCCC4C=N5)cn3C)ccc2o1. The van der Waals surface area contributed by atoms with E-state index in [-0.39, 0.29) is 48.5 Å². The fourth-order valence-electron chi connectivity index (χ4n) is 6.21. The number of fused-ring (bicyclic) bond motifs is 3. The van der Waals surface area contributed by atoms with E-state index in [0.29, 0.717) is 76.8 Å². The van der Waals surface area contributed by atoms with Gasteiger partial charge < -0.3 is 38.9 Å². The third kappa shape index (κ3) is 7.01. The van der Waals surface area contributed by atoms with Gasteiger partial charge >= 0.3 is 0 Å². The Morgan fingerprint density at radius 2 is 1.86 bits per heavy atom. The Hall–Kier alpha value is -5.59. The average molecular weight is 669 g/mol. The first-order chi connectivity index (χ1) is 23.7. The topological polar surface area (TPSA) is 148 Å². The lowest BCUT2D eigenvalue weighted by Gasteiger charge is -2.20. The molecule has 0 spiro atoms. The Morgan fingerprint density at radius 1 is 1.04 bits per heavy atom. The lowest BCUT2D eigenvalue weighted by Crippen LogP contribution is -2.35. The van der Waals surface area contributed by atoms with Crippen molar-refractivity contribution in [1.29, 1.82) is 0 Å². The zero-order valence-electron chi connectivity index (χ0n) is 28.1. The number of hydrogen-bond donors (Lipinski definition) is 2. The minimum Gasteiger partial charge on any atom is -0.493 e. The molecule has 2 aliphatic rings. The van der Waals surface area contributed by atoms with Crippen molar-refractivity contribution in [3.63, 3.8) is 0 Å². The summed E-state index contributed by atoms with van der Waals surface area (Å²) in [5.41, 5.74) is 2.94. The molecule has 2 aliphatic heterocycles. The molecule has 4 aromatic rings. The van der Waals surface area contributed by atoms with Crippen LogP contribution in [-0.4, -0.2) is 83.6 Å². The van der Waals surface area contributed by atoms with Crippen LogP contribution in [0.5, 0.6) is 11.5 Å². The number of benzene rings is 2. The molecule has 49 heavy (non-hydrogen) atoms. The molecule has 0 aliphatic carbocycles. The molecule has 13 nitrogen and oxygen atoms in total. The number of ether oxygens (including phenoxy) is 2.